The molecule has 3 N–H and O–H groups in total. The number of β-amino-alcohol motifs (C(OH)–C–C–N with tert-alkyl or cyclic N) is 1. The first kappa shape index (κ1) is 11.2. The van der Waals surface area contributed by atoms with Crippen molar-refractivity contribution in [3.8, 4) is 0 Å². The lowest BCUT2D eigenvalue weighted by molar-refractivity contribution is 0.0765. The van der Waals surface area contributed by atoms with E-state index in [1.54, 1.807) is 23.1 Å². The van der Waals surface area contributed by atoms with Crippen molar-refractivity contribution in [3.63, 3.8) is 0 Å². The predicted octanol–water partition coefficient (Wildman–Crippen LogP) is 1.13. The first-order valence-electron chi connectivity index (χ1n) is 5.10. The fraction of sp³-hybridized carbons (Fsp3) is 0.364. The minimum absolute atomic E-state index is 0.111. The summed E-state index contributed by atoms with van der Waals surface area (Å²) in [5.41, 5.74) is 6.54. The molecule has 1 aromatic carbocycles. The maximum Gasteiger partial charge on any atom is 0.254 e. The highest BCUT2D eigenvalue weighted by Crippen LogP contribution is 2.21. The number of anilines is 1. The van der Waals surface area contributed by atoms with E-state index < -0.39 is 6.10 Å². The highest BCUT2D eigenvalue weighted by molar-refractivity contribution is 6.33. The van der Waals surface area contributed by atoms with Crippen LogP contribution in [0.15, 0.2) is 18.2 Å². The lowest BCUT2D eigenvalue weighted by Crippen LogP contribution is -2.29. The van der Waals surface area contributed by atoms with E-state index in [0.29, 0.717) is 35.8 Å². The zero-order chi connectivity index (χ0) is 11.7. The van der Waals surface area contributed by atoms with Gasteiger partial charge in [-0.25, -0.2) is 0 Å². The van der Waals surface area contributed by atoms with Crippen molar-refractivity contribution in [1.82, 2.24) is 4.90 Å². The summed E-state index contributed by atoms with van der Waals surface area (Å²) in [6.45, 7) is 0.976. The molecule has 1 aliphatic rings. The van der Waals surface area contributed by atoms with Gasteiger partial charge in [-0.1, -0.05) is 11.6 Å². The van der Waals surface area contributed by atoms with Crippen molar-refractivity contribution in [2.24, 2.45) is 0 Å². The third kappa shape index (κ3) is 2.13. The van der Waals surface area contributed by atoms with Crippen molar-refractivity contribution >= 4 is 23.2 Å². The third-order valence-corrected chi connectivity index (χ3v) is 3.04. The molecule has 0 bridgehead atoms. The molecule has 16 heavy (non-hydrogen) atoms. The molecular formula is C11H13ClN2O2. The Bertz CT molecular complexity index is 422. The number of likely N-dealkylation sites (tertiary alicyclic amines) is 1. The first-order valence-corrected chi connectivity index (χ1v) is 5.48. The molecule has 1 heterocycles. The van der Waals surface area contributed by atoms with Crippen molar-refractivity contribution in [1.29, 1.82) is 0 Å². The van der Waals surface area contributed by atoms with E-state index in [1.165, 1.54) is 0 Å². The molecule has 0 aliphatic carbocycles. The van der Waals surface area contributed by atoms with Crippen LogP contribution in [0.1, 0.15) is 16.8 Å². The average Bonchev–Trinajstić information content (AvgIpc) is 2.68. The number of rotatable bonds is 1. The van der Waals surface area contributed by atoms with Crippen molar-refractivity contribution in [2.45, 2.75) is 12.5 Å². The molecule has 0 spiro atoms. The van der Waals surface area contributed by atoms with Gasteiger partial charge in [0.15, 0.2) is 0 Å². The van der Waals surface area contributed by atoms with E-state index in [4.69, 9.17) is 17.3 Å². The number of carbonyl (C=O) groups excluding carboxylic acids is 1. The highest BCUT2D eigenvalue weighted by Gasteiger charge is 2.25. The summed E-state index contributed by atoms with van der Waals surface area (Å²) < 4.78 is 0. The second-order valence-electron chi connectivity index (χ2n) is 3.93. The monoisotopic (exact) mass is 240 g/mol. The number of nitrogens with zero attached hydrogens (tertiary/aromatic N) is 1. The Balaban J connectivity index is 2.18. The maximum absolute atomic E-state index is 12.0. The number of halogens is 1. The number of hydrogen-bond donors (Lipinski definition) is 2. The summed E-state index contributed by atoms with van der Waals surface area (Å²) in [6, 6.07) is 4.82. The Labute approximate surface area is 98.6 Å². The SMILES string of the molecule is Nc1cc(C(=O)N2CCC(O)C2)ccc1Cl. The third-order valence-electron chi connectivity index (χ3n) is 2.69. The van der Waals surface area contributed by atoms with Gasteiger partial charge in [-0.15, -0.1) is 0 Å². The zero-order valence-electron chi connectivity index (χ0n) is 8.69. The molecule has 1 saturated heterocycles. The molecule has 1 aliphatic heterocycles. The smallest absolute Gasteiger partial charge is 0.254 e. The second kappa shape index (κ2) is 4.31. The fourth-order valence-electron chi connectivity index (χ4n) is 1.79. The molecule has 1 amide bonds. The van der Waals surface area contributed by atoms with E-state index in [1.807, 2.05) is 0 Å². The molecule has 0 radical (unpaired) electrons. The van der Waals surface area contributed by atoms with Crippen LogP contribution in [-0.2, 0) is 0 Å². The van der Waals surface area contributed by atoms with Crippen LogP contribution in [-0.4, -0.2) is 35.1 Å². The molecule has 4 nitrogen and oxygen atoms in total. The number of aliphatic hydroxyl groups excluding tert-OH is 1. The summed E-state index contributed by atoms with van der Waals surface area (Å²) in [7, 11) is 0. The van der Waals surface area contributed by atoms with E-state index in [9.17, 15) is 9.90 Å². The summed E-state index contributed by atoms with van der Waals surface area (Å²) >= 11 is 5.78. The van der Waals surface area contributed by atoms with Gasteiger partial charge in [-0.2, -0.15) is 0 Å². The van der Waals surface area contributed by atoms with Crippen molar-refractivity contribution < 1.29 is 9.90 Å². The van der Waals surface area contributed by atoms with Crippen LogP contribution in [0.25, 0.3) is 0 Å². The van der Waals surface area contributed by atoms with Gasteiger partial charge in [-0.3, -0.25) is 4.79 Å². The minimum atomic E-state index is -0.409. The van der Waals surface area contributed by atoms with Crippen molar-refractivity contribution in [2.75, 3.05) is 18.8 Å². The summed E-state index contributed by atoms with van der Waals surface area (Å²) in [6.07, 6.45) is 0.225. The largest absolute Gasteiger partial charge is 0.398 e. The van der Waals surface area contributed by atoms with Gasteiger partial charge in [0, 0.05) is 18.7 Å². The Hall–Kier alpha value is -1.26. The molecule has 1 aromatic rings. The van der Waals surface area contributed by atoms with Gasteiger partial charge in [0.2, 0.25) is 0 Å². The normalized spacial score (nSPS) is 20.1. The number of carbonyl (C=O) groups is 1. The topological polar surface area (TPSA) is 66.6 Å². The number of nitrogen functional groups attached to an aromatic ring is 1. The van der Waals surface area contributed by atoms with Crippen LogP contribution in [0.2, 0.25) is 5.02 Å². The number of benzene rings is 1. The quantitative estimate of drug-likeness (QED) is 0.724. The first-order chi connectivity index (χ1) is 7.58. The van der Waals surface area contributed by atoms with E-state index in [-0.39, 0.29) is 5.91 Å². The van der Waals surface area contributed by atoms with Gasteiger partial charge >= 0.3 is 0 Å². The Morgan fingerprint density at radius 2 is 2.31 bits per heavy atom. The molecule has 0 aromatic heterocycles. The van der Waals surface area contributed by atoms with Crippen LogP contribution in [0.4, 0.5) is 5.69 Å². The van der Waals surface area contributed by atoms with Crippen LogP contribution in [0, 0.1) is 0 Å². The average molecular weight is 241 g/mol. The summed E-state index contributed by atoms with van der Waals surface area (Å²) in [4.78, 5) is 13.6. The minimum Gasteiger partial charge on any atom is -0.398 e. The van der Waals surface area contributed by atoms with Crippen molar-refractivity contribution in [3.05, 3.63) is 28.8 Å². The zero-order valence-corrected chi connectivity index (χ0v) is 9.44. The maximum atomic E-state index is 12.0. The van der Waals surface area contributed by atoms with Gasteiger partial charge in [0.1, 0.15) is 0 Å². The molecule has 2 rings (SSSR count). The Morgan fingerprint density at radius 1 is 1.56 bits per heavy atom. The van der Waals surface area contributed by atoms with Gasteiger partial charge in [0.05, 0.1) is 16.8 Å². The number of amides is 1. The highest BCUT2D eigenvalue weighted by atomic mass is 35.5. The molecule has 5 heteroatoms. The van der Waals surface area contributed by atoms with Crippen LogP contribution in [0.5, 0.6) is 0 Å². The molecular weight excluding hydrogens is 228 g/mol. The Morgan fingerprint density at radius 3 is 2.88 bits per heavy atom. The van der Waals surface area contributed by atoms with Gasteiger partial charge in [0.25, 0.3) is 5.91 Å². The van der Waals surface area contributed by atoms with Crippen LogP contribution >= 0.6 is 11.6 Å². The molecule has 1 fully saturated rings. The molecule has 1 unspecified atom stereocenters. The number of aliphatic hydroxyl groups is 1. The van der Waals surface area contributed by atoms with Crippen LogP contribution in [0.3, 0.4) is 0 Å². The lowest BCUT2D eigenvalue weighted by Gasteiger charge is -2.15. The lowest BCUT2D eigenvalue weighted by atomic mass is 10.2. The summed E-state index contributed by atoms with van der Waals surface area (Å²) in [5, 5.41) is 9.80. The number of nitrogens with two attached hydrogens (primary N) is 1. The van der Waals surface area contributed by atoms with Crippen LogP contribution < -0.4 is 5.73 Å². The standard InChI is InChI=1S/C11H13ClN2O2/c12-9-2-1-7(5-10(9)13)11(16)14-4-3-8(15)6-14/h1-2,5,8,15H,3-4,6,13H2. The predicted molar refractivity (Wildman–Crippen MR) is 62.4 cm³/mol. The molecule has 0 saturated carbocycles. The second-order valence-corrected chi connectivity index (χ2v) is 4.34. The van der Waals surface area contributed by atoms with Gasteiger partial charge in [-0.05, 0) is 24.6 Å². The van der Waals surface area contributed by atoms with E-state index in [2.05, 4.69) is 0 Å². The van der Waals surface area contributed by atoms with E-state index >= 15 is 0 Å². The Kier molecular flexibility index (Phi) is 3.03. The molecule has 86 valence electrons. The summed E-state index contributed by atoms with van der Waals surface area (Å²) in [5.74, 6) is -0.111. The fourth-order valence-corrected chi connectivity index (χ4v) is 1.90. The molecule has 1 atom stereocenters. The van der Waals surface area contributed by atoms with Gasteiger partial charge < -0.3 is 15.7 Å². The van der Waals surface area contributed by atoms with E-state index in [0.717, 1.165) is 0 Å². The number of hydrogen-bond acceptors (Lipinski definition) is 3.